The van der Waals surface area contributed by atoms with Crippen LogP contribution >= 0.6 is 9.24 Å². The van der Waals surface area contributed by atoms with E-state index in [0.29, 0.717) is 5.57 Å². The summed E-state index contributed by atoms with van der Waals surface area (Å²) in [5, 5.41) is 0.921. The first-order valence-electron chi connectivity index (χ1n) is 4.05. The van der Waals surface area contributed by atoms with Crippen LogP contribution in [0.15, 0.2) is 47.8 Å². The summed E-state index contributed by atoms with van der Waals surface area (Å²) >= 11 is 0. The number of rotatable bonds is 4. The molecule has 0 radical (unpaired) electrons. The first-order chi connectivity index (χ1) is 6.11. The molecule has 1 unspecified atom stereocenters. The summed E-state index contributed by atoms with van der Waals surface area (Å²) < 4.78 is 0. The van der Waals surface area contributed by atoms with Crippen LogP contribution in [0, 0.1) is 0 Å². The van der Waals surface area contributed by atoms with Gasteiger partial charge < -0.3 is 0 Å². The van der Waals surface area contributed by atoms with Gasteiger partial charge in [0.15, 0.2) is 5.78 Å². The zero-order chi connectivity index (χ0) is 10.3. The lowest BCUT2D eigenvalue weighted by Gasteiger charge is -1.95. The molecule has 2 heteroatoms. The van der Waals surface area contributed by atoms with Gasteiger partial charge in [-0.3, -0.25) is 4.79 Å². The minimum Gasteiger partial charge on any atom is -0.289 e. The maximum atomic E-state index is 11.5. The molecule has 0 aromatic rings. The van der Waals surface area contributed by atoms with E-state index in [2.05, 4.69) is 15.8 Å². The van der Waals surface area contributed by atoms with Crippen molar-refractivity contribution in [3.05, 3.63) is 47.8 Å². The number of allylic oxidation sites excluding steroid dienone is 7. The van der Waals surface area contributed by atoms with Crippen LogP contribution in [-0.4, -0.2) is 5.78 Å². The minimum absolute atomic E-state index is 0.00509. The van der Waals surface area contributed by atoms with Gasteiger partial charge in [0.25, 0.3) is 0 Å². The summed E-state index contributed by atoms with van der Waals surface area (Å²) in [5.74, 6) is 0.00509. The Bertz CT molecular complexity index is 278. The Morgan fingerprint density at radius 3 is 2.46 bits per heavy atom. The summed E-state index contributed by atoms with van der Waals surface area (Å²) in [5.41, 5.74) is 0.652. The van der Waals surface area contributed by atoms with Gasteiger partial charge in [-0.2, -0.15) is 0 Å². The predicted molar refractivity (Wildman–Crippen MR) is 61.6 cm³/mol. The molecule has 0 fully saturated rings. The predicted octanol–water partition coefficient (Wildman–Crippen LogP) is 3.02. The van der Waals surface area contributed by atoms with Gasteiger partial charge in [-0.15, -0.1) is 9.24 Å². The van der Waals surface area contributed by atoms with Gasteiger partial charge in [-0.1, -0.05) is 36.2 Å². The highest BCUT2D eigenvalue weighted by Gasteiger charge is 2.00. The average Bonchev–Trinajstić information content (AvgIpc) is 2.02. The van der Waals surface area contributed by atoms with Gasteiger partial charge in [0, 0.05) is 5.57 Å². The zero-order valence-electron chi connectivity index (χ0n) is 8.08. The summed E-state index contributed by atoms with van der Waals surface area (Å²) in [6.07, 6.45) is 8.50. The number of carbonyl (C=O) groups excluding carboxylic acids is 1. The van der Waals surface area contributed by atoms with Crippen LogP contribution < -0.4 is 0 Å². The second-order valence-electron chi connectivity index (χ2n) is 2.61. The highest BCUT2D eigenvalue weighted by atomic mass is 31.0. The van der Waals surface area contributed by atoms with E-state index in [1.54, 1.807) is 24.3 Å². The molecule has 0 aromatic heterocycles. The molecule has 0 amide bonds. The Balaban J connectivity index is 4.77. The Kier molecular flexibility index (Phi) is 6.09. The smallest absolute Gasteiger partial charge is 0.186 e. The van der Waals surface area contributed by atoms with Crippen LogP contribution in [0.4, 0.5) is 0 Å². The van der Waals surface area contributed by atoms with Crippen LogP contribution in [0.1, 0.15) is 13.8 Å². The summed E-state index contributed by atoms with van der Waals surface area (Å²) in [7, 11) is 2.48. The van der Waals surface area contributed by atoms with Crippen molar-refractivity contribution < 1.29 is 4.79 Å². The molecule has 13 heavy (non-hydrogen) atoms. The van der Waals surface area contributed by atoms with Crippen molar-refractivity contribution in [2.24, 2.45) is 0 Å². The second kappa shape index (κ2) is 6.56. The SMILES string of the molecule is C=C/C=C(\C=C/C)C(=O)/C=C(/C)P. The maximum absolute atomic E-state index is 11.5. The number of ketones is 1. The van der Waals surface area contributed by atoms with E-state index in [9.17, 15) is 4.79 Å². The summed E-state index contributed by atoms with van der Waals surface area (Å²) in [6.45, 7) is 7.30. The molecule has 0 N–H and O–H groups in total. The van der Waals surface area contributed by atoms with Crippen LogP contribution in [0.2, 0.25) is 0 Å². The first-order valence-corrected chi connectivity index (χ1v) is 4.63. The molecule has 0 aromatic carbocycles. The van der Waals surface area contributed by atoms with E-state index in [1.165, 1.54) is 0 Å². The Morgan fingerprint density at radius 1 is 1.46 bits per heavy atom. The van der Waals surface area contributed by atoms with Crippen LogP contribution in [0.5, 0.6) is 0 Å². The standard InChI is InChI=1S/C11H15OP/c1-4-6-10(7-5-2)11(12)8-9(3)13/h4-8H,1,13H2,2-3H3/b7-5-,9-8-,10-6+. The molecule has 0 aliphatic heterocycles. The van der Waals surface area contributed by atoms with E-state index >= 15 is 0 Å². The van der Waals surface area contributed by atoms with Crippen molar-refractivity contribution in [2.75, 3.05) is 0 Å². The third kappa shape index (κ3) is 5.32. The topological polar surface area (TPSA) is 17.1 Å². The molecule has 70 valence electrons. The second-order valence-corrected chi connectivity index (χ2v) is 3.52. The highest BCUT2D eigenvalue weighted by molar-refractivity contribution is 7.22. The lowest BCUT2D eigenvalue weighted by Crippen LogP contribution is -1.95. The first kappa shape index (κ1) is 12.1. The highest BCUT2D eigenvalue weighted by Crippen LogP contribution is 2.07. The molecule has 0 bridgehead atoms. The quantitative estimate of drug-likeness (QED) is 0.382. The van der Waals surface area contributed by atoms with Crippen molar-refractivity contribution in [1.29, 1.82) is 0 Å². The van der Waals surface area contributed by atoms with Crippen LogP contribution in [0.3, 0.4) is 0 Å². The molecular formula is C11H15OP. The molecule has 0 saturated carbocycles. The fraction of sp³-hybridized carbons (Fsp3) is 0.182. The Hall–Kier alpha value is -0.940. The van der Waals surface area contributed by atoms with Gasteiger partial charge in [-0.05, 0) is 19.9 Å². The molecule has 0 spiro atoms. The third-order valence-corrected chi connectivity index (χ3v) is 1.45. The zero-order valence-corrected chi connectivity index (χ0v) is 9.23. The van der Waals surface area contributed by atoms with E-state index < -0.39 is 0 Å². The Labute approximate surface area is 82.1 Å². The van der Waals surface area contributed by atoms with Gasteiger partial charge in [0.2, 0.25) is 0 Å². The number of hydrogen-bond acceptors (Lipinski definition) is 1. The van der Waals surface area contributed by atoms with Gasteiger partial charge >= 0.3 is 0 Å². The van der Waals surface area contributed by atoms with E-state index in [1.807, 2.05) is 19.9 Å². The number of carbonyl (C=O) groups is 1. The molecule has 0 saturated heterocycles. The van der Waals surface area contributed by atoms with Crippen LogP contribution in [-0.2, 0) is 4.79 Å². The third-order valence-electron chi connectivity index (χ3n) is 1.29. The fourth-order valence-electron chi connectivity index (χ4n) is 0.816. The van der Waals surface area contributed by atoms with E-state index in [-0.39, 0.29) is 5.78 Å². The lowest BCUT2D eigenvalue weighted by atomic mass is 10.1. The summed E-state index contributed by atoms with van der Waals surface area (Å²) in [4.78, 5) is 11.5. The van der Waals surface area contributed by atoms with Gasteiger partial charge in [-0.25, -0.2) is 0 Å². The van der Waals surface area contributed by atoms with Crippen molar-refractivity contribution in [1.82, 2.24) is 0 Å². The van der Waals surface area contributed by atoms with Crippen molar-refractivity contribution in [2.45, 2.75) is 13.8 Å². The maximum Gasteiger partial charge on any atom is 0.186 e. The molecule has 1 atom stereocenters. The molecular weight excluding hydrogens is 179 g/mol. The molecule has 1 nitrogen and oxygen atoms in total. The van der Waals surface area contributed by atoms with Crippen molar-refractivity contribution in [3.63, 3.8) is 0 Å². The Morgan fingerprint density at radius 2 is 2.08 bits per heavy atom. The van der Waals surface area contributed by atoms with E-state index in [0.717, 1.165) is 5.31 Å². The largest absolute Gasteiger partial charge is 0.289 e. The molecule has 0 heterocycles. The minimum atomic E-state index is 0.00509. The van der Waals surface area contributed by atoms with Crippen molar-refractivity contribution >= 4 is 15.0 Å². The molecule has 0 aliphatic rings. The van der Waals surface area contributed by atoms with Crippen molar-refractivity contribution in [3.8, 4) is 0 Å². The molecule has 0 rings (SSSR count). The van der Waals surface area contributed by atoms with Gasteiger partial charge in [0.05, 0.1) is 0 Å². The normalized spacial score (nSPS) is 13.5. The average molecular weight is 194 g/mol. The van der Waals surface area contributed by atoms with Crippen LogP contribution in [0.25, 0.3) is 0 Å². The summed E-state index contributed by atoms with van der Waals surface area (Å²) in [6, 6.07) is 0. The lowest BCUT2D eigenvalue weighted by molar-refractivity contribution is -0.111. The number of hydrogen-bond donors (Lipinski definition) is 0. The van der Waals surface area contributed by atoms with E-state index in [4.69, 9.17) is 0 Å². The monoisotopic (exact) mass is 194 g/mol. The molecule has 0 aliphatic carbocycles. The van der Waals surface area contributed by atoms with Gasteiger partial charge in [0.1, 0.15) is 0 Å². The fourth-order valence-corrected chi connectivity index (χ4v) is 0.968.